The van der Waals surface area contributed by atoms with Crippen LogP contribution in [0.1, 0.15) is 23.7 Å². The summed E-state index contributed by atoms with van der Waals surface area (Å²) in [5, 5.41) is 31.9. The van der Waals surface area contributed by atoms with Crippen LogP contribution in [0, 0.1) is 10.1 Å². The molecule has 0 saturated carbocycles. The number of hydrogen-bond donors (Lipinski definition) is 3. The minimum absolute atomic E-state index is 0.0441. The van der Waals surface area contributed by atoms with E-state index < -0.39 is 29.6 Å². The van der Waals surface area contributed by atoms with Crippen molar-refractivity contribution in [1.82, 2.24) is 5.32 Å². The summed E-state index contributed by atoms with van der Waals surface area (Å²) < 4.78 is 4.98. The van der Waals surface area contributed by atoms with Crippen LogP contribution in [0.3, 0.4) is 0 Å². The second-order valence-corrected chi connectivity index (χ2v) is 4.55. The summed E-state index contributed by atoms with van der Waals surface area (Å²) in [4.78, 5) is 22.3. The first-order valence-electron chi connectivity index (χ1n) is 6.29. The third-order valence-corrected chi connectivity index (χ3v) is 3.30. The maximum atomic E-state index is 12.2. The van der Waals surface area contributed by atoms with E-state index in [4.69, 9.17) is 4.74 Å². The van der Waals surface area contributed by atoms with Crippen molar-refractivity contribution in [3.8, 4) is 5.75 Å². The van der Waals surface area contributed by atoms with E-state index >= 15 is 0 Å². The highest BCUT2D eigenvalue weighted by Crippen LogP contribution is 2.25. The lowest BCUT2D eigenvalue weighted by Gasteiger charge is -2.29. The number of aliphatic hydroxyl groups is 2. The van der Waals surface area contributed by atoms with Crippen LogP contribution in [0.25, 0.3) is 0 Å². The van der Waals surface area contributed by atoms with Gasteiger partial charge in [0.05, 0.1) is 42.4 Å². The number of carbonyl (C=O) groups is 1. The van der Waals surface area contributed by atoms with E-state index in [1.54, 1.807) is 6.92 Å². The molecule has 116 valence electrons. The summed E-state index contributed by atoms with van der Waals surface area (Å²) in [5.41, 5.74) is -1.26. The molecule has 0 radical (unpaired) electrons. The normalized spacial score (nSPS) is 11.0. The Morgan fingerprint density at radius 3 is 2.48 bits per heavy atom. The number of nitro benzene ring substituents is 1. The van der Waals surface area contributed by atoms with E-state index in [0.717, 1.165) is 6.07 Å². The number of methoxy groups -OCH3 is 1. The molecule has 0 aliphatic heterocycles. The second-order valence-electron chi connectivity index (χ2n) is 4.55. The Morgan fingerprint density at radius 1 is 1.43 bits per heavy atom. The van der Waals surface area contributed by atoms with Crippen molar-refractivity contribution >= 4 is 11.6 Å². The van der Waals surface area contributed by atoms with Gasteiger partial charge in [-0.2, -0.15) is 0 Å². The molecule has 1 rings (SSSR count). The molecule has 0 fully saturated rings. The van der Waals surface area contributed by atoms with Crippen LogP contribution in [0.4, 0.5) is 5.69 Å². The van der Waals surface area contributed by atoms with Gasteiger partial charge in [0.25, 0.3) is 11.6 Å². The molecular formula is C13H18N2O6. The fourth-order valence-electron chi connectivity index (χ4n) is 1.73. The molecule has 0 atom stereocenters. The number of hydrogen-bond acceptors (Lipinski definition) is 6. The lowest BCUT2D eigenvalue weighted by molar-refractivity contribution is -0.384. The molecule has 0 spiro atoms. The smallest absolute Gasteiger partial charge is 0.273 e. The fraction of sp³-hybridized carbons (Fsp3) is 0.462. The van der Waals surface area contributed by atoms with Crippen molar-refractivity contribution in [2.24, 2.45) is 0 Å². The zero-order chi connectivity index (χ0) is 16.0. The minimum Gasteiger partial charge on any atom is -0.496 e. The van der Waals surface area contributed by atoms with Gasteiger partial charge in [-0.15, -0.1) is 0 Å². The van der Waals surface area contributed by atoms with Crippen LogP contribution in [-0.4, -0.2) is 46.9 Å². The molecule has 8 nitrogen and oxygen atoms in total. The van der Waals surface area contributed by atoms with E-state index in [0.29, 0.717) is 6.42 Å². The molecule has 3 N–H and O–H groups in total. The van der Waals surface area contributed by atoms with E-state index in [9.17, 15) is 25.1 Å². The average molecular weight is 298 g/mol. The van der Waals surface area contributed by atoms with Crippen LogP contribution in [0.5, 0.6) is 5.75 Å². The molecule has 0 aliphatic carbocycles. The summed E-state index contributed by atoms with van der Waals surface area (Å²) in [6.45, 7) is 0.849. The van der Waals surface area contributed by atoms with Crippen molar-refractivity contribution in [2.45, 2.75) is 18.9 Å². The van der Waals surface area contributed by atoms with Gasteiger partial charge in [0.2, 0.25) is 0 Å². The monoisotopic (exact) mass is 298 g/mol. The molecule has 0 heterocycles. The first-order chi connectivity index (χ1) is 9.92. The summed E-state index contributed by atoms with van der Waals surface area (Å²) in [5.74, 6) is -0.547. The maximum Gasteiger partial charge on any atom is 0.273 e. The van der Waals surface area contributed by atoms with Crippen LogP contribution in [-0.2, 0) is 0 Å². The Labute approximate surface area is 121 Å². The van der Waals surface area contributed by atoms with E-state index in [-0.39, 0.29) is 17.0 Å². The van der Waals surface area contributed by atoms with E-state index in [2.05, 4.69) is 5.32 Å². The molecular weight excluding hydrogens is 280 g/mol. The van der Waals surface area contributed by atoms with Crippen molar-refractivity contribution in [1.29, 1.82) is 0 Å². The number of nitro groups is 1. The fourth-order valence-corrected chi connectivity index (χ4v) is 1.73. The Morgan fingerprint density at radius 2 is 2.05 bits per heavy atom. The number of rotatable bonds is 7. The number of nitrogens with zero attached hydrogens (tertiary/aromatic N) is 1. The van der Waals surface area contributed by atoms with Crippen molar-refractivity contribution < 1.29 is 24.7 Å². The molecule has 0 unspecified atom stereocenters. The SMILES string of the molecule is CCC(CO)(CO)NC(=O)c1ccc([N+](=O)[O-])cc1OC. The zero-order valence-corrected chi connectivity index (χ0v) is 11.8. The van der Waals surface area contributed by atoms with Gasteiger partial charge in [-0.25, -0.2) is 0 Å². The van der Waals surface area contributed by atoms with Crippen molar-refractivity contribution in [2.75, 3.05) is 20.3 Å². The lowest BCUT2D eigenvalue weighted by atomic mass is 9.97. The number of aliphatic hydroxyl groups excluding tert-OH is 2. The standard InChI is InChI=1S/C13H18N2O6/c1-3-13(7-16,8-17)14-12(18)10-5-4-9(15(19)20)6-11(10)21-2/h4-6,16-17H,3,7-8H2,1-2H3,(H,14,18). The number of carbonyl (C=O) groups excluding carboxylic acids is 1. The molecule has 0 bridgehead atoms. The zero-order valence-electron chi connectivity index (χ0n) is 11.8. The van der Waals surface area contributed by atoms with Gasteiger partial charge >= 0.3 is 0 Å². The van der Waals surface area contributed by atoms with Crippen LogP contribution >= 0.6 is 0 Å². The summed E-state index contributed by atoms with van der Waals surface area (Å²) in [7, 11) is 1.29. The Hall–Kier alpha value is -2.19. The number of non-ortho nitro benzene ring substituents is 1. The van der Waals surface area contributed by atoms with Gasteiger partial charge in [-0.3, -0.25) is 14.9 Å². The van der Waals surface area contributed by atoms with Gasteiger partial charge in [0.1, 0.15) is 5.75 Å². The molecule has 8 heteroatoms. The number of benzene rings is 1. The predicted octanol–water partition coefficient (Wildman–Crippen LogP) is 0.467. The van der Waals surface area contributed by atoms with Gasteiger partial charge in [-0.05, 0) is 12.5 Å². The largest absolute Gasteiger partial charge is 0.496 e. The third kappa shape index (κ3) is 3.67. The lowest BCUT2D eigenvalue weighted by Crippen LogP contribution is -2.53. The highest BCUT2D eigenvalue weighted by Gasteiger charge is 2.30. The van der Waals surface area contributed by atoms with Gasteiger partial charge in [0.15, 0.2) is 0 Å². The molecule has 1 aromatic carbocycles. The van der Waals surface area contributed by atoms with E-state index in [1.807, 2.05) is 0 Å². The van der Waals surface area contributed by atoms with Gasteiger partial charge < -0.3 is 20.3 Å². The first kappa shape index (κ1) is 16.9. The van der Waals surface area contributed by atoms with E-state index in [1.165, 1.54) is 19.2 Å². The number of ether oxygens (including phenoxy) is 1. The predicted molar refractivity (Wildman–Crippen MR) is 74.3 cm³/mol. The summed E-state index contributed by atoms with van der Waals surface area (Å²) in [6.07, 6.45) is 0.320. The highest BCUT2D eigenvalue weighted by atomic mass is 16.6. The maximum absolute atomic E-state index is 12.2. The third-order valence-electron chi connectivity index (χ3n) is 3.30. The molecule has 0 saturated heterocycles. The first-order valence-corrected chi connectivity index (χ1v) is 6.29. The Balaban J connectivity index is 3.10. The topological polar surface area (TPSA) is 122 Å². The molecule has 1 aromatic rings. The van der Waals surface area contributed by atoms with Crippen LogP contribution in [0.2, 0.25) is 0 Å². The van der Waals surface area contributed by atoms with Crippen molar-refractivity contribution in [3.05, 3.63) is 33.9 Å². The second kappa shape index (κ2) is 7.00. The average Bonchev–Trinajstić information content (AvgIpc) is 2.51. The van der Waals surface area contributed by atoms with Crippen molar-refractivity contribution in [3.63, 3.8) is 0 Å². The number of nitrogens with one attached hydrogen (secondary N) is 1. The Kier molecular flexibility index (Phi) is 5.62. The Bertz CT molecular complexity index is 519. The molecule has 0 aromatic heterocycles. The quantitative estimate of drug-likeness (QED) is 0.497. The van der Waals surface area contributed by atoms with Crippen LogP contribution < -0.4 is 10.1 Å². The van der Waals surface area contributed by atoms with Gasteiger partial charge in [0, 0.05) is 6.07 Å². The van der Waals surface area contributed by atoms with Crippen LogP contribution in [0.15, 0.2) is 18.2 Å². The number of amides is 1. The van der Waals surface area contributed by atoms with Gasteiger partial charge in [-0.1, -0.05) is 6.92 Å². The molecule has 0 aliphatic rings. The highest BCUT2D eigenvalue weighted by molar-refractivity contribution is 5.97. The minimum atomic E-state index is -1.15. The molecule has 1 amide bonds. The summed E-state index contributed by atoms with van der Waals surface area (Å²) in [6, 6.07) is 3.59. The molecule has 21 heavy (non-hydrogen) atoms. The summed E-state index contributed by atoms with van der Waals surface area (Å²) >= 11 is 0.